The Labute approximate surface area is 191 Å². The second-order valence-electron chi connectivity index (χ2n) is 7.63. The van der Waals surface area contributed by atoms with Gasteiger partial charge in [0.2, 0.25) is 0 Å². The van der Waals surface area contributed by atoms with Crippen LogP contribution in [0.1, 0.15) is 21.6 Å². The number of rotatable bonds is 6. The number of sulfonamides is 1. The molecule has 1 aliphatic rings. The molecule has 8 nitrogen and oxygen atoms in total. The number of carbonyl (C=O) groups is 1. The molecule has 1 N–H and O–H groups in total. The highest BCUT2D eigenvalue weighted by Crippen LogP contribution is 2.32. The van der Waals surface area contributed by atoms with Crippen molar-refractivity contribution in [3.05, 3.63) is 102 Å². The molecular weight excluding hydrogens is 438 g/mol. The lowest BCUT2D eigenvalue weighted by Gasteiger charge is -2.20. The first kappa shape index (κ1) is 20.9. The van der Waals surface area contributed by atoms with Crippen molar-refractivity contribution in [2.24, 2.45) is 0 Å². The largest absolute Gasteiger partial charge is 0.307 e. The quantitative estimate of drug-likeness (QED) is 0.477. The molecule has 4 aromatic rings. The maximum atomic E-state index is 13.3. The van der Waals surface area contributed by atoms with E-state index in [0.717, 1.165) is 11.3 Å². The minimum absolute atomic E-state index is 0.0776. The molecule has 2 aromatic heterocycles. The Morgan fingerprint density at radius 2 is 1.82 bits per heavy atom. The summed E-state index contributed by atoms with van der Waals surface area (Å²) in [4.78, 5) is 17.3. The van der Waals surface area contributed by atoms with Gasteiger partial charge in [0.15, 0.2) is 0 Å². The van der Waals surface area contributed by atoms with Crippen molar-refractivity contribution < 1.29 is 13.2 Å². The van der Waals surface area contributed by atoms with Gasteiger partial charge in [0.05, 0.1) is 29.0 Å². The highest BCUT2D eigenvalue weighted by molar-refractivity contribution is 7.92. The number of aromatic nitrogens is 3. The zero-order valence-electron chi connectivity index (χ0n) is 17.6. The van der Waals surface area contributed by atoms with Crippen molar-refractivity contribution in [1.29, 1.82) is 0 Å². The van der Waals surface area contributed by atoms with Gasteiger partial charge in [-0.3, -0.25) is 14.1 Å². The molecule has 2 aromatic carbocycles. The summed E-state index contributed by atoms with van der Waals surface area (Å²) in [5.74, 6) is 0.0732. The van der Waals surface area contributed by atoms with Gasteiger partial charge in [-0.1, -0.05) is 30.3 Å². The van der Waals surface area contributed by atoms with Crippen LogP contribution in [0.25, 0.3) is 0 Å². The Morgan fingerprint density at radius 1 is 0.970 bits per heavy atom. The van der Waals surface area contributed by atoms with Crippen LogP contribution in [0.3, 0.4) is 0 Å². The second kappa shape index (κ2) is 8.51. The first-order valence-corrected chi connectivity index (χ1v) is 11.9. The van der Waals surface area contributed by atoms with Crippen molar-refractivity contribution >= 4 is 27.4 Å². The number of nitrogens with one attached hydrogen (secondary N) is 1. The molecule has 0 fully saturated rings. The normalized spacial score (nSPS) is 13.0. The van der Waals surface area contributed by atoms with Crippen LogP contribution in [-0.4, -0.2) is 35.6 Å². The molecule has 0 spiro atoms. The van der Waals surface area contributed by atoms with Crippen molar-refractivity contribution in [2.45, 2.75) is 17.9 Å². The smallest absolute Gasteiger partial charge is 0.264 e. The van der Waals surface area contributed by atoms with E-state index >= 15 is 0 Å². The van der Waals surface area contributed by atoms with E-state index in [1.54, 1.807) is 41.3 Å². The summed E-state index contributed by atoms with van der Waals surface area (Å²) in [6.45, 7) is 0.775. The summed E-state index contributed by atoms with van der Waals surface area (Å²) in [5, 5.41) is 7.06. The topological polar surface area (TPSA) is 97.2 Å². The summed E-state index contributed by atoms with van der Waals surface area (Å²) in [6.07, 6.45) is 3.95. The predicted molar refractivity (Wildman–Crippen MR) is 125 cm³/mol. The van der Waals surface area contributed by atoms with Crippen LogP contribution in [0.2, 0.25) is 0 Å². The number of hydrogen-bond acceptors (Lipinski definition) is 5. The van der Waals surface area contributed by atoms with Gasteiger partial charge in [0.1, 0.15) is 5.82 Å². The molecule has 0 radical (unpaired) electrons. The number of amides is 1. The van der Waals surface area contributed by atoms with Crippen molar-refractivity contribution in [3.8, 4) is 0 Å². The first-order chi connectivity index (χ1) is 16.0. The molecule has 3 heterocycles. The number of benzene rings is 2. The Morgan fingerprint density at radius 3 is 2.67 bits per heavy atom. The molecule has 1 amide bonds. The Kier molecular flexibility index (Phi) is 5.39. The van der Waals surface area contributed by atoms with Gasteiger partial charge in [0.25, 0.3) is 15.9 Å². The van der Waals surface area contributed by atoms with E-state index < -0.39 is 15.9 Å². The zero-order chi connectivity index (χ0) is 22.8. The Hall–Kier alpha value is -3.98. The van der Waals surface area contributed by atoms with Crippen LogP contribution < -0.4 is 9.62 Å². The number of para-hydroxylation sites is 1. The Bertz CT molecular complexity index is 1420. The Balaban J connectivity index is 1.37. The van der Waals surface area contributed by atoms with E-state index in [1.165, 1.54) is 16.4 Å². The monoisotopic (exact) mass is 459 g/mol. The number of hydrogen-bond donors (Lipinski definition) is 1. The molecule has 0 aliphatic carbocycles. The third-order valence-electron chi connectivity index (χ3n) is 5.52. The molecule has 0 saturated heterocycles. The molecule has 9 heteroatoms. The summed E-state index contributed by atoms with van der Waals surface area (Å²) >= 11 is 0. The van der Waals surface area contributed by atoms with Crippen LogP contribution in [0, 0.1) is 0 Å². The highest BCUT2D eigenvalue weighted by atomic mass is 32.2. The lowest BCUT2D eigenvalue weighted by Crippen LogP contribution is -2.29. The van der Waals surface area contributed by atoms with E-state index in [0.29, 0.717) is 31.0 Å². The molecule has 166 valence electrons. The number of carbonyl (C=O) groups excluding carboxylic acids is 1. The summed E-state index contributed by atoms with van der Waals surface area (Å²) < 4.78 is 29.7. The van der Waals surface area contributed by atoms with Gasteiger partial charge in [-0.15, -0.1) is 0 Å². The summed E-state index contributed by atoms with van der Waals surface area (Å²) in [6, 6.07) is 20.8. The molecular formula is C24H21N5O3S. The number of pyridine rings is 1. The maximum absolute atomic E-state index is 13.3. The molecule has 0 bridgehead atoms. The van der Waals surface area contributed by atoms with Gasteiger partial charge in [-0.2, -0.15) is 5.10 Å². The van der Waals surface area contributed by atoms with Crippen LogP contribution in [0.5, 0.6) is 0 Å². The maximum Gasteiger partial charge on any atom is 0.264 e. The molecule has 5 rings (SSSR count). The third kappa shape index (κ3) is 4.10. The van der Waals surface area contributed by atoms with E-state index in [4.69, 9.17) is 0 Å². The average molecular weight is 460 g/mol. The SMILES string of the molecule is O=C(Nc1ccnn1Cc1ccccn1)c1cccc(S(=O)(=O)N2CCc3ccccc32)c1. The summed E-state index contributed by atoms with van der Waals surface area (Å²) in [5.41, 5.74) is 2.73. The second-order valence-corrected chi connectivity index (χ2v) is 9.50. The van der Waals surface area contributed by atoms with Crippen LogP contribution >= 0.6 is 0 Å². The third-order valence-corrected chi connectivity index (χ3v) is 7.33. The van der Waals surface area contributed by atoms with Gasteiger partial charge in [-0.25, -0.2) is 13.1 Å². The predicted octanol–water partition coefficient (Wildman–Crippen LogP) is 3.33. The van der Waals surface area contributed by atoms with Crippen LogP contribution in [-0.2, 0) is 23.0 Å². The van der Waals surface area contributed by atoms with Gasteiger partial charge in [0, 0.05) is 24.4 Å². The number of nitrogens with zero attached hydrogens (tertiary/aromatic N) is 4. The highest BCUT2D eigenvalue weighted by Gasteiger charge is 2.31. The fraction of sp³-hybridized carbons (Fsp3) is 0.125. The molecule has 1 aliphatic heterocycles. The van der Waals surface area contributed by atoms with E-state index in [2.05, 4.69) is 15.4 Å². The van der Waals surface area contributed by atoms with Gasteiger partial charge >= 0.3 is 0 Å². The van der Waals surface area contributed by atoms with Crippen LogP contribution in [0.4, 0.5) is 11.5 Å². The van der Waals surface area contributed by atoms with Crippen molar-refractivity contribution in [2.75, 3.05) is 16.2 Å². The lowest BCUT2D eigenvalue weighted by atomic mass is 10.2. The fourth-order valence-corrected chi connectivity index (χ4v) is 5.43. The van der Waals surface area contributed by atoms with Crippen molar-refractivity contribution in [1.82, 2.24) is 14.8 Å². The molecule has 0 atom stereocenters. The average Bonchev–Trinajstić information content (AvgIpc) is 3.47. The summed E-state index contributed by atoms with van der Waals surface area (Å²) in [7, 11) is -3.79. The van der Waals surface area contributed by atoms with E-state index in [9.17, 15) is 13.2 Å². The fourth-order valence-electron chi connectivity index (χ4n) is 3.88. The lowest BCUT2D eigenvalue weighted by molar-refractivity contribution is 0.102. The van der Waals surface area contributed by atoms with E-state index in [-0.39, 0.29) is 10.5 Å². The van der Waals surface area contributed by atoms with Crippen LogP contribution in [0.15, 0.2) is 90.1 Å². The zero-order valence-corrected chi connectivity index (χ0v) is 18.4. The van der Waals surface area contributed by atoms with Gasteiger partial charge in [-0.05, 0) is 48.4 Å². The molecule has 33 heavy (non-hydrogen) atoms. The first-order valence-electron chi connectivity index (χ1n) is 10.5. The number of anilines is 2. The minimum atomic E-state index is -3.79. The molecule has 0 saturated carbocycles. The standard InChI is InChI=1S/C24H21N5O3S/c30-24(27-23-11-14-26-28(23)17-20-8-3-4-13-25-20)19-7-5-9-21(16-19)33(31,32)29-15-12-18-6-1-2-10-22(18)29/h1-11,13-14,16H,12,15,17H2,(H,27,30). The van der Waals surface area contributed by atoms with E-state index in [1.807, 2.05) is 36.4 Å². The number of fused-ring (bicyclic) bond motifs is 1. The minimum Gasteiger partial charge on any atom is -0.307 e. The molecule has 0 unspecified atom stereocenters. The van der Waals surface area contributed by atoms with Gasteiger partial charge < -0.3 is 5.32 Å². The van der Waals surface area contributed by atoms with Crippen molar-refractivity contribution in [3.63, 3.8) is 0 Å².